The van der Waals surface area contributed by atoms with E-state index in [0.29, 0.717) is 12.1 Å². The molecule has 0 spiro atoms. The van der Waals surface area contributed by atoms with Gasteiger partial charge in [0.05, 0.1) is 11.4 Å². The van der Waals surface area contributed by atoms with Crippen LogP contribution in [0.2, 0.25) is 0 Å². The number of nitrogens with one attached hydrogen (secondary N) is 2. The van der Waals surface area contributed by atoms with E-state index in [0.717, 1.165) is 10.9 Å². The summed E-state index contributed by atoms with van der Waals surface area (Å²) in [5, 5.41) is 0.891. The van der Waals surface area contributed by atoms with Gasteiger partial charge < -0.3 is 4.98 Å². The molecule has 1 aromatic carbocycles. The van der Waals surface area contributed by atoms with Crippen molar-refractivity contribution in [3.8, 4) is 0 Å². The highest BCUT2D eigenvalue weighted by molar-refractivity contribution is 7.92. The van der Waals surface area contributed by atoms with Gasteiger partial charge >= 0.3 is 0 Å². The summed E-state index contributed by atoms with van der Waals surface area (Å²) in [5.74, 6) is 0.147. The van der Waals surface area contributed by atoms with Crippen molar-refractivity contribution in [1.82, 2.24) is 4.98 Å². The normalized spacial score (nSPS) is 11.8. The van der Waals surface area contributed by atoms with Crippen molar-refractivity contribution in [1.29, 1.82) is 0 Å². The second kappa shape index (κ2) is 4.17. The number of sulfonamides is 1. The first kappa shape index (κ1) is 11.0. The summed E-state index contributed by atoms with van der Waals surface area (Å²) in [6, 6.07) is 7.36. The lowest BCUT2D eigenvalue weighted by molar-refractivity contribution is 0.600. The zero-order valence-corrected chi connectivity index (χ0v) is 9.84. The molecule has 86 valence electrons. The maximum absolute atomic E-state index is 11.6. The Balaban J connectivity index is 2.38. The number of fused-ring (bicyclic) bond motifs is 1. The number of H-pyrrole nitrogens is 1. The van der Waals surface area contributed by atoms with Gasteiger partial charge in [-0.1, -0.05) is 13.0 Å². The summed E-state index contributed by atoms with van der Waals surface area (Å²) < 4.78 is 25.9. The summed E-state index contributed by atoms with van der Waals surface area (Å²) >= 11 is 0. The highest BCUT2D eigenvalue weighted by Crippen LogP contribution is 2.23. The molecule has 5 heteroatoms. The van der Waals surface area contributed by atoms with Crippen LogP contribution >= 0.6 is 0 Å². The van der Waals surface area contributed by atoms with Gasteiger partial charge in [-0.15, -0.1) is 0 Å². The number of anilines is 1. The average Bonchev–Trinajstić information content (AvgIpc) is 2.65. The zero-order valence-electron chi connectivity index (χ0n) is 9.03. The largest absolute Gasteiger partial charge is 0.361 e. The molecule has 0 unspecified atom stereocenters. The molecule has 1 heterocycles. The zero-order chi connectivity index (χ0) is 11.6. The Morgan fingerprint density at radius 2 is 2.12 bits per heavy atom. The molecule has 0 fully saturated rings. The fourth-order valence-electron chi connectivity index (χ4n) is 1.66. The fraction of sp³-hybridized carbons (Fsp3) is 0.273. The Morgan fingerprint density at radius 3 is 2.88 bits per heavy atom. The van der Waals surface area contributed by atoms with Gasteiger partial charge in [0.25, 0.3) is 0 Å². The second-order valence-electron chi connectivity index (χ2n) is 3.67. The minimum Gasteiger partial charge on any atom is -0.361 e. The van der Waals surface area contributed by atoms with Gasteiger partial charge in [0.15, 0.2) is 0 Å². The van der Waals surface area contributed by atoms with E-state index in [4.69, 9.17) is 0 Å². The lowest BCUT2D eigenvalue weighted by atomic mass is 10.2. The topological polar surface area (TPSA) is 62.0 Å². The Morgan fingerprint density at radius 1 is 1.31 bits per heavy atom. The summed E-state index contributed by atoms with van der Waals surface area (Å²) in [7, 11) is -3.22. The molecule has 2 rings (SSSR count). The number of hydrogen-bond acceptors (Lipinski definition) is 2. The first-order valence-corrected chi connectivity index (χ1v) is 6.84. The molecule has 0 saturated carbocycles. The van der Waals surface area contributed by atoms with Crippen LogP contribution in [0.5, 0.6) is 0 Å². The van der Waals surface area contributed by atoms with Gasteiger partial charge in [-0.3, -0.25) is 4.72 Å². The molecule has 2 N–H and O–H groups in total. The Labute approximate surface area is 94.7 Å². The molecule has 0 bridgehead atoms. The fourth-order valence-corrected chi connectivity index (χ4v) is 2.81. The molecule has 0 aliphatic rings. The maximum atomic E-state index is 11.6. The molecular formula is C11H14N2O2S. The first-order chi connectivity index (χ1) is 7.62. The molecule has 0 saturated heterocycles. The van der Waals surface area contributed by atoms with Crippen LogP contribution in [0.25, 0.3) is 10.9 Å². The Bertz CT molecular complexity index is 587. The number of hydrogen-bond donors (Lipinski definition) is 2. The monoisotopic (exact) mass is 238 g/mol. The van der Waals surface area contributed by atoms with E-state index in [9.17, 15) is 8.42 Å². The predicted molar refractivity (Wildman–Crippen MR) is 66.0 cm³/mol. The summed E-state index contributed by atoms with van der Waals surface area (Å²) in [5.41, 5.74) is 1.56. The smallest absolute Gasteiger partial charge is 0.232 e. The van der Waals surface area contributed by atoms with Gasteiger partial charge in [-0.05, 0) is 24.6 Å². The number of aromatic nitrogens is 1. The van der Waals surface area contributed by atoms with Crippen LogP contribution in [0.1, 0.15) is 13.3 Å². The highest BCUT2D eigenvalue weighted by atomic mass is 32.2. The molecule has 4 nitrogen and oxygen atoms in total. The van der Waals surface area contributed by atoms with Crippen molar-refractivity contribution >= 4 is 26.6 Å². The van der Waals surface area contributed by atoms with E-state index in [1.807, 2.05) is 25.1 Å². The molecule has 1 aromatic heterocycles. The van der Waals surface area contributed by atoms with Crippen LogP contribution in [-0.4, -0.2) is 19.2 Å². The Kier molecular flexibility index (Phi) is 2.87. The molecule has 0 aliphatic carbocycles. The van der Waals surface area contributed by atoms with Crippen LogP contribution in [-0.2, 0) is 10.0 Å². The molecular weight excluding hydrogens is 224 g/mol. The van der Waals surface area contributed by atoms with Gasteiger partial charge in [-0.25, -0.2) is 8.42 Å². The minimum absolute atomic E-state index is 0.147. The minimum atomic E-state index is -3.22. The van der Waals surface area contributed by atoms with Crippen LogP contribution in [0.15, 0.2) is 30.5 Å². The van der Waals surface area contributed by atoms with Crippen LogP contribution in [0.4, 0.5) is 5.69 Å². The predicted octanol–water partition coefficient (Wildman–Crippen LogP) is 2.32. The second-order valence-corrected chi connectivity index (χ2v) is 5.51. The van der Waals surface area contributed by atoms with Crippen molar-refractivity contribution in [2.24, 2.45) is 0 Å². The average molecular weight is 238 g/mol. The van der Waals surface area contributed by atoms with Crippen molar-refractivity contribution in [3.63, 3.8) is 0 Å². The van der Waals surface area contributed by atoms with E-state index >= 15 is 0 Å². The van der Waals surface area contributed by atoms with Crippen molar-refractivity contribution in [2.75, 3.05) is 10.5 Å². The third-order valence-electron chi connectivity index (χ3n) is 2.33. The van der Waals surface area contributed by atoms with E-state index in [-0.39, 0.29) is 5.75 Å². The molecule has 0 atom stereocenters. The molecule has 0 radical (unpaired) electrons. The van der Waals surface area contributed by atoms with Crippen LogP contribution in [0.3, 0.4) is 0 Å². The van der Waals surface area contributed by atoms with Gasteiger partial charge in [0, 0.05) is 17.1 Å². The number of rotatable bonds is 4. The van der Waals surface area contributed by atoms with Crippen molar-refractivity contribution in [2.45, 2.75) is 13.3 Å². The van der Waals surface area contributed by atoms with Crippen molar-refractivity contribution < 1.29 is 8.42 Å². The lowest BCUT2D eigenvalue weighted by Crippen LogP contribution is -2.16. The van der Waals surface area contributed by atoms with Crippen molar-refractivity contribution in [3.05, 3.63) is 30.5 Å². The molecule has 2 aromatic rings. The number of aromatic amines is 1. The standard InChI is InChI=1S/C11H14N2O2S/c1-2-8-16(14,15)13-11-5-3-4-10-9(11)6-7-12-10/h3-7,12-13H,2,8H2,1H3. The van der Waals surface area contributed by atoms with Crippen LogP contribution < -0.4 is 4.72 Å². The quantitative estimate of drug-likeness (QED) is 0.858. The van der Waals surface area contributed by atoms with Gasteiger partial charge in [0.1, 0.15) is 0 Å². The lowest BCUT2D eigenvalue weighted by Gasteiger charge is -2.07. The van der Waals surface area contributed by atoms with E-state index < -0.39 is 10.0 Å². The first-order valence-electron chi connectivity index (χ1n) is 5.19. The van der Waals surface area contributed by atoms with Gasteiger partial charge in [-0.2, -0.15) is 0 Å². The number of benzene rings is 1. The Hall–Kier alpha value is -1.49. The van der Waals surface area contributed by atoms with Gasteiger partial charge in [0.2, 0.25) is 10.0 Å². The third kappa shape index (κ3) is 2.19. The molecule has 0 aliphatic heterocycles. The van der Waals surface area contributed by atoms with E-state index in [2.05, 4.69) is 9.71 Å². The molecule has 16 heavy (non-hydrogen) atoms. The van der Waals surface area contributed by atoms with Crippen LogP contribution in [0, 0.1) is 0 Å². The summed E-state index contributed by atoms with van der Waals surface area (Å²) in [6.45, 7) is 1.84. The maximum Gasteiger partial charge on any atom is 0.232 e. The summed E-state index contributed by atoms with van der Waals surface area (Å²) in [6.07, 6.45) is 2.40. The highest BCUT2D eigenvalue weighted by Gasteiger charge is 2.10. The van der Waals surface area contributed by atoms with E-state index in [1.165, 1.54) is 0 Å². The third-order valence-corrected chi connectivity index (χ3v) is 3.81. The summed E-state index contributed by atoms with van der Waals surface area (Å²) in [4.78, 5) is 3.04. The van der Waals surface area contributed by atoms with E-state index in [1.54, 1.807) is 12.3 Å². The SMILES string of the molecule is CCCS(=O)(=O)Nc1cccc2[nH]ccc12. The molecule has 0 amide bonds.